The SMILES string of the molecule is Cn1c(/C(C#N)=C/c2ccc(I)cc2)nc2ccccc21. The van der Waals surface area contributed by atoms with Crippen molar-refractivity contribution >= 4 is 45.3 Å². The van der Waals surface area contributed by atoms with Crippen molar-refractivity contribution in [1.82, 2.24) is 9.55 Å². The van der Waals surface area contributed by atoms with Crippen LogP contribution in [0.2, 0.25) is 0 Å². The van der Waals surface area contributed by atoms with E-state index in [1.54, 1.807) is 0 Å². The van der Waals surface area contributed by atoms with Crippen molar-refractivity contribution in [3.05, 3.63) is 63.5 Å². The van der Waals surface area contributed by atoms with E-state index < -0.39 is 0 Å². The Hall–Kier alpha value is -2.13. The zero-order chi connectivity index (χ0) is 14.8. The Balaban J connectivity index is 2.12. The molecule has 4 heteroatoms. The summed E-state index contributed by atoms with van der Waals surface area (Å²) >= 11 is 2.26. The number of aromatic nitrogens is 2. The Bertz CT molecular complexity index is 867. The highest BCUT2D eigenvalue weighted by Crippen LogP contribution is 2.22. The Labute approximate surface area is 136 Å². The van der Waals surface area contributed by atoms with Crippen LogP contribution < -0.4 is 0 Å². The van der Waals surface area contributed by atoms with Crippen LogP contribution in [-0.4, -0.2) is 9.55 Å². The van der Waals surface area contributed by atoms with Crippen LogP contribution in [0.5, 0.6) is 0 Å². The van der Waals surface area contributed by atoms with Gasteiger partial charge in [0.15, 0.2) is 5.82 Å². The van der Waals surface area contributed by atoms with E-state index in [2.05, 4.69) is 33.6 Å². The standard InChI is InChI=1S/C17H12IN3/c1-21-16-5-3-2-4-15(16)20-17(21)13(11-19)10-12-6-8-14(18)9-7-12/h2-10H,1H3/b13-10+. The summed E-state index contributed by atoms with van der Waals surface area (Å²) in [5, 5.41) is 9.47. The first-order valence-corrected chi connectivity index (χ1v) is 7.56. The molecule has 0 spiro atoms. The molecule has 0 atom stereocenters. The molecule has 0 aliphatic heterocycles. The van der Waals surface area contributed by atoms with E-state index >= 15 is 0 Å². The van der Waals surface area contributed by atoms with E-state index in [0.29, 0.717) is 11.4 Å². The first-order valence-electron chi connectivity index (χ1n) is 6.48. The van der Waals surface area contributed by atoms with Gasteiger partial charge in [0.25, 0.3) is 0 Å². The molecule has 0 bridgehead atoms. The molecular weight excluding hydrogens is 373 g/mol. The first kappa shape index (κ1) is 13.8. The van der Waals surface area contributed by atoms with Crippen LogP contribution in [0.15, 0.2) is 48.5 Å². The van der Waals surface area contributed by atoms with Gasteiger partial charge in [-0.25, -0.2) is 4.98 Å². The Morgan fingerprint density at radius 3 is 2.57 bits per heavy atom. The lowest BCUT2D eigenvalue weighted by Crippen LogP contribution is -1.96. The van der Waals surface area contributed by atoms with Crippen molar-refractivity contribution in [2.45, 2.75) is 0 Å². The number of imidazole rings is 1. The molecule has 0 unspecified atom stereocenters. The number of halogens is 1. The van der Waals surface area contributed by atoms with Gasteiger partial charge in [0.05, 0.1) is 16.6 Å². The molecule has 1 aromatic heterocycles. The van der Waals surface area contributed by atoms with Crippen LogP contribution in [0.4, 0.5) is 0 Å². The van der Waals surface area contributed by atoms with Gasteiger partial charge in [-0.2, -0.15) is 5.26 Å². The number of hydrogen-bond donors (Lipinski definition) is 0. The van der Waals surface area contributed by atoms with Gasteiger partial charge < -0.3 is 4.57 Å². The maximum Gasteiger partial charge on any atom is 0.151 e. The highest BCUT2D eigenvalue weighted by atomic mass is 127. The molecule has 0 aliphatic carbocycles. The number of nitrogens with zero attached hydrogens (tertiary/aromatic N) is 3. The molecule has 0 saturated heterocycles. The van der Waals surface area contributed by atoms with Gasteiger partial charge in [-0.15, -0.1) is 0 Å². The summed E-state index contributed by atoms with van der Waals surface area (Å²) in [6.45, 7) is 0. The second-order valence-corrected chi connectivity index (χ2v) is 5.95. The molecule has 0 N–H and O–H groups in total. The fourth-order valence-corrected chi connectivity index (χ4v) is 2.62. The minimum atomic E-state index is 0.565. The summed E-state index contributed by atoms with van der Waals surface area (Å²) in [7, 11) is 1.93. The van der Waals surface area contributed by atoms with Crippen LogP contribution in [0, 0.1) is 14.9 Å². The molecule has 3 rings (SSSR count). The van der Waals surface area contributed by atoms with E-state index in [1.807, 2.05) is 66.2 Å². The molecule has 3 aromatic rings. The fraction of sp³-hybridized carbons (Fsp3) is 0.0588. The molecule has 0 fully saturated rings. The van der Waals surface area contributed by atoms with Crippen molar-refractivity contribution in [3.63, 3.8) is 0 Å². The summed E-state index contributed by atoms with van der Waals surface area (Å²) in [4.78, 5) is 4.57. The summed E-state index contributed by atoms with van der Waals surface area (Å²) in [6.07, 6.45) is 1.87. The number of fused-ring (bicyclic) bond motifs is 1. The Morgan fingerprint density at radius 1 is 1.19 bits per heavy atom. The normalized spacial score (nSPS) is 11.6. The van der Waals surface area contributed by atoms with Crippen LogP contribution >= 0.6 is 22.6 Å². The molecule has 0 saturated carbocycles. The van der Waals surface area contributed by atoms with Crippen LogP contribution in [0.3, 0.4) is 0 Å². The maximum absolute atomic E-state index is 9.47. The number of benzene rings is 2. The number of hydrogen-bond acceptors (Lipinski definition) is 2. The first-order chi connectivity index (χ1) is 10.2. The van der Waals surface area contributed by atoms with Crippen LogP contribution in [0.1, 0.15) is 11.4 Å². The predicted molar refractivity (Wildman–Crippen MR) is 93.4 cm³/mol. The predicted octanol–water partition coefficient (Wildman–Crippen LogP) is 4.24. The molecular formula is C17H12IN3. The van der Waals surface area contributed by atoms with Gasteiger partial charge in [0, 0.05) is 10.6 Å². The highest BCUT2D eigenvalue weighted by Gasteiger charge is 2.11. The average Bonchev–Trinajstić information content (AvgIpc) is 2.84. The quantitative estimate of drug-likeness (QED) is 0.489. The monoisotopic (exact) mass is 385 g/mol. The largest absolute Gasteiger partial charge is 0.327 e. The topological polar surface area (TPSA) is 41.6 Å². The van der Waals surface area contributed by atoms with E-state index in [9.17, 15) is 5.26 Å². The minimum Gasteiger partial charge on any atom is -0.327 e. The molecule has 102 valence electrons. The lowest BCUT2D eigenvalue weighted by atomic mass is 10.1. The van der Waals surface area contributed by atoms with Gasteiger partial charge in [0.1, 0.15) is 6.07 Å². The van der Waals surface area contributed by atoms with Gasteiger partial charge in [-0.05, 0) is 58.5 Å². The molecule has 3 nitrogen and oxygen atoms in total. The number of rotatable bonds is 2. The number of aryl methyl sites for hydroxylation is 1. The zero-order valence-electron chi connectivity index (χ0n) is 11.4. The van der Waals surface area contributed by atoms with Gasteiger partial charge >= 0.3 is 0 Å². The summed E-state index contributed by atoms with van der Waals surface area (Å²) in [5.74, 6) is 0.692. The number of nitriles is 1. The molecule has 2 aromatic carbocycles. The molecule has 0 radical (unpaired) electrons. The van der Waals surface area contributed by atoms with Gasteiger partial charge in [-0.1, -0.05) is 24.3 Å². The van der Waals surface area contributed by atoms with E-state index in [0.717, 1.165) is 16.6 Å². The molecule has 21 heavy (non-hydrogen) atoms. The van der Waals surface area contributed by atoms with Crippen molar-refractivity contribution in [2.75, 3.05) is 0 Å². The average molecular weight is 385 g/mol. The third kappa shape index (κ3) is 2.69. The maximum atomic E-state index is 9.47. The number of allylic oxidation sites excluding steroid dienone is 1. The lowest BCUT2D eigenvalue weighted by molar-refractivity contribution is 0.925. The minimum absolute atomic E-state index is 0.565. The zero-order valence-corrected chi connectivity index (χ0v) is 13.6. The van der Waals surface area contributed by atoms with Gasteiger partial charge in [0.2, 0.25) is 0 Å². The van der Waals surface area contributed by atoms with Crippen LogP contribution in [-0.2, 0) is 7.05 Å². The lowest BCUT2D eigenvalue weighted by Gasteiger charge is -2.01. The smallest absolute Gasteiger partial charge is 0.151 e. The molecule has 0 amide bonds. The highest BCUT2D eigenvalue weighted by molar-refractivity contribution is 14.1. The second-order valence-electron chi connectivity index (χ2n) is 4.70. The van der Waals surface area contributed by atoms with Crippen molar-refractivity contribution in [3.8, 4) is 6.07 Å². The summed E-state index contributed by atoms with van der Waals surface area (Å²) in [6, 6.07) is 18.2. The third-order valence-corrected chi connectivity index (χ3v) is 4.05. The Morgan fingerprint density at radius 2 is 1.90 bits per heavy atom. The fourth-order valence-electron chi connectivity index (χ4n) is 2.26. The molecule has 1 heterocycles. The van der Waals surface area contributed by atoms with E-state index in [4.69, 9.17) is 0 Å². The third-order valence-electron chi connectivity index (χ3n) is 3.33. The van der Waals surface area contributed by atoms with Crippen LogP contribution in [0.25, 0.3) is 22.7 Å². The van der Waals surface area contributed by atoms with E-state index in [-0.39, 0.29) is 0 Å². The Kier molecular flexibility index (Phi) is 3.76. The van der Waals surface area contributed by atoms with Crippen molar-refractivity contribution in [1.29, 1.82) is 5.26 Å². The summed E-state index contributed by atoms with van der Waals surface area (Å²) in [5.41, 5.74) is 3.49. The van der Waals surface area contributed by atoms with Crippen molar-refractivity contribution in [2.24, 2.45) is 7.05 Å². The summed E-state index contributed by atoms with van der Waals surface area (Å²) < 4.78 is 3.13. The number of para-hydroxylation sites is 2. The van der Waals surface area contributed by atoms with Crippen molar-refractivity contribution < 1.29 is 0 Å². The second kappa shape index (κ2) is 5.70. The van der Waals surface area contributed by atoms with E-state index in [1.165, 1.54) is 3.57 Å². The molecule has 0 aliphatic rings. The van der Waals surface area contributed by atoms with Gasteiger partial charge in [-0.3, -0.25) is 0 Å².